The summed E-state index contributed by atoms with van der Waals surface area (Å²) in [6.07, 6.45) is 3.52. The van der Waals surface area contributed by atoms with Gasteiger partial charge in [0.25, 0.3) is 0 Å². The number of hydrogen-bond donors (Lipinski definition) is 1. The Morgan fingerprint density at radius 1 is 1.45 bits per heavy atom. The van der Waals surface area contributed by atoms with Gasteiger partial charge < -0.3 is 5.32 Å². The number of nitrogens with one attached hydrogen (secondary N) is 1. The van der Waals surface area contributed by atoms with E-state index in [-0.39, 0.29) is 11.9 Å². The highest BCUT2D eigenvalue weighted by Gasteiger charge is 2.11. The van der Waals surface area contributed by atoms with E-state index in [9.17, 15) is 4.79 Å². The first-order chi connectivity index (χ1) is 9.63. The second kappa shape index (κ2) is 7.04. The zero-order chi connectivity index (χ0) is 14.5. The molecule has 2 aromatic heterocycles. The molecule has 1 unspecified atom stereocenters. The summed E-state index contributed by atoms with van der Waals surface area (Å²) in [5.41, 5.74) is 0. The van der Waals surface area contributed by atoms with E-state index in [1.54, 1.807) is 17.7 Å². The molecule has 108 valence electrons. The van der Waals surface area contributed by atoms with Gasteiger partial charge in [0.2, 0.25) is 5.91 Å². The number of hydrogen-bond acceptors (Lipinski definition) is 5. The second-order valence-corrected chi connectivity index (χ2v) is 6.71. The van der Waals surface area contributed by atoms with Gasteiger partial charge in [-0.15, -0.1) is 11.3 Å². The van der Waals surface area contributed by atoms with Gasteiger partial charge in [-0.3, -0.25) is 4.79 Å². The molecule has 2 rings (SSSR count). The SMILES string of the molecule is CCc1cc2c(SCC(=O)NC(C)CC)ncnc2s1. The van der Waals surface area contributed by atoms with Crippen molar-refractivity contribution in [3.8, 4) is 0 Å². The highest BCUT2D eigenvalue weighted by Crippen LogP contribution is 2.30. The van der Waals surface area contributed by atoms with Gasteiger partial charge in [-0.2, -0.15) is 0 Å². The molecule has 4 nitrogen and oxygen atoms in total. The van der Waals surface area contributed by atoms with Crippen molar-refractivity contribution in [2.75, 3.05) is 5.75 Å². The molecule has 6 heteroatoms. The highest BCUT2D eigenvalue weighted by atomic mass is 32.2. The molecule has 0 saturated heterocycles. The van der Waals surface area contributed by atoms with Crippen LogP contribution >= 0.6 is 23.1 Å². The lowest BCUT2D eigenvalue weighted by Crippen LogP contribution is -2.33. The molecule has 1 amide bonds. The maximum Gasteiger partial charge on any atom is 0.230 e. The number of nitrogens with zero attached hydrogens (tertiary/aromatic N) is 2. The molecule has 0 aliphatic rings. The third kappa shape index (κ3) is 3.70. The Bertz CT molecular complexity index is 597. The van der Waals surface area contributed by atoms with Gasteiger partial charge in [0.05, 0.1) is 5.75 Å². The predicted molar refractivity (Wildman–Crippen MR) is 85.4 cm³/mol. The number of carbonyl (C=O) groups excluding carboxylic acids is 1. The van der Waals surface area contributed by atoms with Crippen molar-refractivity contribution in [2.24, 2.45) is 0 Å². The Balaban J connectivity index is 2.06. The van der Waals surface area contributed by atoms with Crippen molar-refractivity contribution in [1.29, 1.82) is 0 Å². The third-order valence-electron chi connectivity index (χ3n) is 3.05. The minimum atomic E-state index is 0.0575. The Kier molecular flexibility index (Phi) is 5.37. The Labute approximate surface area is 127 Å². The van der Waals surface area contributed by atoms with Crippen LogP contribution in [0, 0.1) is 0 Å². The number of thiophene rings is 1. The standard InChI is InChI=1S/C14H19N3OS2/c1-4-9(3)17-12(18)7-19-13-11-6-10(5-2)20-14(11)16-8-15-13/h6,8-9H,4-5,7H2,1-3H3,(H,17,18). The lowest BCUT2D eigenvalue weighted by Gasteiger charge is -2.10. The van der Waals surface area contributed by atoms with Crippen molar-refractivity contribution in [1.82, 2.24) is 15.3 Å². The van der Waals surface area contributed by atoms with Gasteiger partial charge >= 0.3 is 0 Å². The maximum absolute atomic E-state index is 11.8. The minimum Gasteiger partial charge on any atom is -0.353 e. The zero-order valence-corrected chi connectivity index (χ0v) is 13.6. The van der Waals surface area contributed by atoms with Crippen LogP contribution < -0.4 is 5.32 Å². The molecule has 0 aliphatic carbocycles. The highest BCUT2D eigenvalue weighted by molar-refractivity contribution is 8.00. The van der Waals surface area contributed by atoms with Gasteiger partial charge in [-0.1, -0.05) is 25.6 Å². The van der Waals surface area contributed by atoms with E-state index >= 15 is 0 Å². The molecule has 0 aromatic carbocycles. The van der Waals surface area contributed by atoms with Crippen LogP contribution in [0.2, 0.25) is 0 Å². The molecule has 0 spiro atoms. The van der Waals surface area contributed by atoms with Crippen LogP contribution in [0.3, 0.4) is 0 Å². The van der Waals surface area contributed by atoms with Crippen LogP contribution in [0.4, 0.5) is 0 Å². The normalized spacial score (nSPS) is 12.6. The lowest BCUT2D eigenvalue weighted by atomic mass is 10.3. The largest absolute Gasteiger partial charge is 0.353 e. The fourth-order valence-electron chi connectivity index (χ4n) is 1.73. The summed E-state index contributed by atoms with van der Waals surface area (Å²) < 4.78 is 0. The van der Waals surface area contributed by atoms with Gasteiger partial charge in [0.1, 0.15) is 16.2 Å². The van der Waals surface area contributed by atoms with Crippen LogP contribution in [-0.4, -0.2) is 27.7 Å². The Hall–Kier alpha value is -1.14. The van der Waals surface area contributed by atoms with Crippen LogP contribution in [0.15, 0.2) is 17.4 Å². The second-order valence-electron chi connectivity index (χ2n) is 4.63. The van der Waals surface area contributed by atoms with Crippen LogP contribution in [-0.2, 0) is 11.2 Å². The molecule has 1 N–H and O–H groups in total. The average molecular weight is 309 g/mol. The van der Waals surface area contributed by atoms with Crippen LogP contribution in [0.1, 0.15) is 32.1 Å². The number of carbonyl (C=O) groups is 1. The summed E-state index contributed by atoms with van der Waals surface area (Å²) in [4.78, 5) is 22.7. The van der Waals surface area contributed by atoms with E-state index in [0.717, 1.165) is 28.1 Å². The molecule has 20 heavy (non-hydrogen) atoms. The van der Waals surface area contributed by atoms with Crippen LogP contribution in [0.25, 0.3) is 10.2 Å². The van der Waals surface area contributed by atoms with Gasteiger partial charge in [-0.25, -0.2) is 9.97 Å². The fraction of sp³-hybridized carbons (Fsp3) is 0.500. The first-order valence-corrected chi connectivity index (χ1v) is 8.59. The molecule has 0 saturated carbocycles. The third-order valence-corrected chi connectivity index (χ3v) is 5.24. The van der Waals surface area contributed by atoms with E-state index in [2.05, 4.69) is 35.2 Å². The van der Waals surface area contributed by atoms with Gasteiger partial charge in [-0.05, 0) is 25.8 Å². The minimum absolute atomic E-state index is 0.0575. The van der Waals surface area contributed by atoms with E-state index in [4.69, 9.17) is 0 Å². The average Bonchev–Trinajstić information content (AvgIpc) is 2.88. The number of aromatic nitrogens is 2. The van der Waals surface area contributed by atoms with E-state index in [1.165, 1.54) is 16.6 Å². The number of rotatable bonds is 6. The van der Waals surface area contributed by atoms with Crippen molar-refractivity contribution >= 4 is 39.2 Å². The zero-order valence-electron chi connectivity index (χ0n) is 12.0. The van der Waals surface area contributed by atoms with Gasteiger partial charge in [0.15, 0.2) is 0 Å². The number of amides is 1. The quantitative estimate of drug-likeness (QED) is 0.657. The molecule has 0 aliphatic heterocycles. The van der Waals surface area contributed by atoms with Crippen molar-refractivity contribution in [3.63, 3.8) is 0 Å². The topological polar surface area (TPSA) is 54.9 Å². The summed E-state index contributed by atoms with van der Waals surface area (Å²) in [5.74, 6) is 0.454. The first kappa shape index (κ1) is 15.3. The number of aryl methyl sites for hydroxylation is 1. The summed E-state index contributed by atoms with van der Waals surface area (Å²) in [6.45, 7) is 6.20. The molecule has 0 bridgehead atoms. The van der Waals surface area contributed by atoms with Crippen molar-refractivity contribution < 1.29 is 4.79 Å². The smallest absolute Gasteiger partial charge is 0.230 e. The molecule has 0 radical (unpaired) electrons. The van der Waals surface area contributed by atoms with Gasteiger partial charge in [0, 0.05) is 16.3 Å². The summed E-state index contributed by atoms with van der Waals surface area (Å²) in [6, 6.07) is 2.36. The monoisotopic (exact) mass is 309 g/mol. The molecule has 2 aromatic rings. The molecule has 0 fully saturated rings. The van der Waals surface area contributed by atoms with E-state index < -0.39 is 0 Å². The van der Waals surface area contributed by atoms with Crippen molar-refractivity contribution in [2.45, 2.75) is 44.7 Å². The molecule has 1 atom stereocenters. The summed E-state index contributed by atoms with van der Waals surface area (Å²) in [7, 11) is 0. The number of fused-ring (bicyclic) bond motifs is 1. The summed E-state index contributed by atoms with van der Waals surface area (Å²) >= 11 is 3.17. The lowest BCUT2D eigenvalue weighted by molar-refractivity contribution is -0.119. The van der Waals surface area contributed by atoms with E-state index in [0.29, 0.717) is 5.75 Å². The van der Waals surface area contributed by atoms with E-state index in [1.807, 2.05) is 6.92 Å². The van der Waals surface area contributed by atoms with Crippen molar-refractivity contribution in [3.05, 3.63) is 17.3 Å². The fourth-order valence-corrected chi connectivity index (χ4v) is 3.51. The molecular weight excluding hydrogens is 290 g/mol. The Morgan fingerprint density at radius 3 is 2.95 bits per heavy atom. The van der Waals surface area contributed by atoms with Crippen LogP contribution in [0.5, 0.6) is 0 Å². The molecular formula is C14H19N3OS2. The Morgan fingerprint density at radius 2 is 2.25 bits per heavy atom. The predicted octanol–water partition coefficient (Wildman–Crippen LogP) is 3.26. The maximum atomic E-state index is 11.8. The summed E-state index contributed by atoms with van der Waals surface area (Å²) in [5, 5.41) is 4.92. The number of thioether (sulfide) groups is 1. The molecule has 2 heterocycles. The first-order valence-electron chi connectivity index (χ1n) is 6.79.